The summed E-state index contributed by atoms with van der Waals surface area (Å²) in [7, 11) is 3.30. The van der Waals surface area contributed by atoms with Crippen LogP contribution in [0.5, 0.6) is 11.5 Å². The number of hydrogen-bond acceptors (Lipinski definition) is 5. The molecule has 0 amide bonds. The van der Waals surface area contributed by atoms with Crippen molar-refractivity contribution < 1.29 is 9.84 Å². The maximum absolute atomic E-state index is 9.60. The first-order valence-corrected chi connectivity index (χ1v) is 6.45. The fourth-order valence-electron chi connectivity index (χ4n) is 1.67. The van der Waals surface area contributed by atoms with E-state index in [9.17, 15) is 5.11 Å². The Labute approximate surface area is 119 Å². The van der Waals surface area contributed by atoms with Crippen molar-refractivity contribution >= 4 is 21.7 Å². The molecule has 6 heteroatoms. The zero-order chi connectivity index (χ0) is 14.0. The molecule has 0 unspecified atom stereocenters. The molecular weight excluding hydrogens is 310 g/mol. The van der Waals surface area contributed by atoms with Crippen LogP contribution in [-0.4, -0.2) is 29.2 Å². The fraction of sp³-hybridized carbons (Fsp3) is 0.231. The number of aryl methyl sites for hydroxylation is 1. The number of phenols is 1. The number of nitrogens with zero attached hydrogens (tertiary/aromatic N) is 2. The lowest BCUT2D eigenvalue weighted by atomic mass is 10.2. The molecule has 0 bridgehead atoms. The van der Waals surface area contributed by atoms with Gasteiger partial charge in [-0.1, -0.05) is 0 Å². The molecule has 100 valence electrons. The average molecular weight is 324 g/mol. The third-order valence-electron chi connectivity index (χ3n) is 2.69. The van der Waals surface area contributed by atoms with Gasteiger partial charge in [0.25, 0.3) is 0 Å². The molecule has 0 fully saturated rings. The maximum Gasteiger partial charge on any atom is 0.161 e. The number of anilines is 1. The minimum atomic E-state index is 0.0916. The molecule has 1 aromatic heterocycles. The summed E-state index contributed by atoms with van der Waals surface area (Å²) in [5, 5.41) is 12.6. The van der Waals surface area contributed by atoms with Gasteiger partial charge in [0.15, 0.2) is 17.3 Å². The van der Waals surface area contributed by atoms with Crippen molar-refractivity contribution in [3.05, 3.63) is 28.4 Å². The van der Waals surface area contributed by atoms with Crippen LogP contribution in [0.2, 0.25) is 0 Å². The summed E-state index contributed by atoms with van der Waals surface area (Å²) in [4.78, 5) is 8.84. The van der Waals surface area contributed by atoms with Crippen LogP contribution in [-0.2, 0) is 0 Å². The van der Waals surface area contributed by atoms with Crippen LogP contribution in [0.15, 0.2) is 22.7 Å². The van der Waals surface area contributed by atoms with E-state index in [4.69, 9.17) is 4.74 Å². The van der Waals surface area contributed by atoms with Crippen molar-refractivity contribution in [1.82, 2.24) is 9.97 Å². The number of ether oxygens (including phenoxy) is 1. The van der Waals surface area contributed by atoms with Gasteiger partial charge in [-0.15, -0.1) is 0 Å². The number of aromatic hydroxyl groups is 1. The molecule has 2 N–H and O–H groups in total. The highest BCUT2D eigenvalue weighted by Gasteiger charge is 2.11. The molecule has 0 aliphatic heterocycles. The van der Waals surface area contributed by atoms with Crippen LogP contribution >= 0.6 is 15.9 Å². The number of halogens is 1. The summed E-state index contributed by atoms with van der Waals surface area (Å²) in [5.41, 5.74) is 1.61. The van der Waals surface area contributed by atoms with E-state index >= 15 is 0 Å². The monoisotopic (exact) mass is 323 g/mol. The minimum Gasteiger partial charge on any atom is -0.504 e. The molecule has 0 saturated heterocycles. The first-order valence-electron chi connectivity index (χ1n) is 5.66. The van der Waals surface area contributed by atoms with E-state index in [1.807, 2.05) is 6.92 Å². The van der Waals surface area contributed by atoms with Crippen molar-refractivity contribution in [1.29, 1.82) is 0 Å². The van der Waals surface area contributed by atoms with Crippen molar-refractivity contribution in [3.8, 4) is 22.9 Å². The van der Waals surface area contributed by atoms with Gasteiger partial charge in [0.05, 0.1) is 17.3 Å². The van der Waals surface area contributed by atoms with E-state index < -0.39 is 0 Å². The van der Waals surface area contributed by atoms with Crippen LogP contribution < -0.4 is 10.1 Å². The summed E-state index contributed by atoms with van der Waals surface area (Å²) < 4.78 is 5.92. The van der Waals surface area contributed by atoms with E-state index in [-0.39, 0.29) is 5.75 Å². The molecule has 0 spiro atoms. The molecule has 0 radical (unpaired) electrons. The first-order chi connectivity index (χ1) is 9.06. The highest BCUT2D eigenvalue weighted by molar-refractivity contribution is 9.10. The smallest absolute Gasteiger partial charge is 0.161 e. The second kappa shape index (κ2) is 5.44. The molecule has 2 rings (SSSR count). The maximum atomic E-state index is 9.60. The van der Waals surface area contributed by atoms with Gasteiger partial charge in [-0.25, -0.2) is 9.97 Å². The first kappa shape index (κ1) is 13.6. The van der Waals surface area contributed by atoms with E-state index in [1.54, 1.807) is 25.2 Å². The van der Waals surface area contributed by atoms with Crippen LogP contribution in [0.25, 0.3) is 11.4 Å². The lowest BCUT2D eigenvalue weighted by Crippen LogP contribution is -2.00. The standard InChI is InChI=1S/C13H14BrN3O2/c1-7-11(14)13(15-2)17-12(16-7)8-4-5-9(18)10(6-8)19-3/h4-6,18H,1-3H3,(H,15,16,17). The highest BCUT2D eigenvalue weighted by atomic mass is 79.9. The minimum absolute atomic E-state index is 0.0916. The second-order valence-corrected chi connectivity index (χ2v) is 4.72. The van der Waals surface area contributed by atoms with Crippen LogP contribution in [0.4, 0.5) is 5.82 Å². The number of nitrogens with one attached hydrogen (secondary N) is 1. The van der Waals surface area contributed by atoms with Crippen molar-refractivity contribution in [2.75, 3.05) is 19.5 Å². The lowest BCUT2D eigenvalue weighted by molar-refractivity contribution is 0.373. The molecule has 0 aliphatic carbocycles. The van der Waals surface area contributed by atoms with Gasteiger partial charge in [0.1, 0.15) is 5.82 Å². The largest absolute Gasteiger partial charge is 0.504 e. The summed E-state index contributed by atoms with van der Waals surface area (Å²) in [6, 6.07) is 5.02. The van der Waals surface area contributed by atoms with Gasteiger partial charge in [0.2, 0.25) is 0 Å². The Kier molecular flexibility index (Phi) is 3.90. The Morgan fingerprint density at radius 2 is 2.05 bits per heavy atom. The third kappa shape index (κ3) is 2.63. The van der Waals surface area contributed by atoms with Gasteiger partial charge in [0, 0.05) is 12.6 Å². The van der Waals surface area contributed by atoms with Gasteiger partial charge in [-0.05, 0) is 41.1 Å². The topological polar surface area (TPSA) is 67.3 Å². The van der Waals surface area contributed by atoms with E-state index in [1.165, 1.54) is 7.11 Å². The van der Waals surface area contributed by atoms with Crippen molar-refractivity contribution in [2.45, 2.75) is 6.92 Å². The van der Waals surface area contributed by atoms with E-state index in [2.05, 4.69) is 31.2 Å². The Morgan fingerprint density at radius 3 is 2.68 bits per heavy atom. The third-order valence-corrected chi connectivity index (χ3v) is 3.64. The van der Waals surface area contributed by atoms with Crippen LogP contribution in [0.3, 0.4) is 0 Å². The lowest BCUT2D eigenvalue weighted by Gasteiger charge is -2.10. The van der Waals surface area contributed by atoms with E-state index in [0.717, 1.165) is 21.5 Å². The summed E-state index contributed by atoms with van der Waals surface area (Å²) in [6.07, 6.45) is 0. The van der Waals surface area contributed by atoms with Crippen LogP contribution in [0, 0.1) is 6.92 Å². The summed E-state index contributed by atoms with van der Waals surface area (Å²) >= 11 is 3.43. The SMILES string of the molecule is CNc1nc(-c2ccc(O)c(OC)c2)nc(C)c1Br. The molecule has 0 atom stereocenters. The molecule has 0 aliphatic rings. The average Bonchev–Trinajstić information content (AvgIpc) is 2.42. The van der Waals surface area contributed by atoms with Gasteiger partial charge in [-0.2, -0.15) is 0 Å². The number of rotatable bonds is 3. The molecule has 0 saturated carbocycles. The molecule has 2 aromatic rings. The zero-order valence-electron chi connectivity index (χ0n) is 10.9. The summed E-state index contributed by atoms with van der Waals surface area (Å²) in [5.74, 6) is 1.78. The normalized spacial score (nSPS) is 10.3. The Bertz CT molecular complexity index is 617. The van der Waals surface area contributed by atoms with Crippen LogP contribution in [0.1, 0.15) is 5.69 Å². The van der Waals surface area contributed by atoms with E-state index in [0.29, 0.717) is 11.6 Å². The number of hydrogen-bond donors (Lipinski definition) is 2. The zero-order valence-corrected chi connectivity index (χ0v) is 12.4. The predicted octanol–water partition coefficient (Wildman–Crippen LogP) is 2.97. The Morgan fingerprint density at radius 1 is 1.32 bits per heavy atom. The van der Waals surface area contributed by atoms with Gasteiger partial charge >= 0.3 is 0 Å². The Hall–Kier alpha value is -1.82. The molecule has 1 heterocycles. The predicted molar refractivity (Wildman–Crippen MR) is 77.7 cm³/mol. The van der Waals surface area contributed by atoms with Crippen molar-refractivity contribution in [2.24, 2.45) is 0 Å². The molecule has 5 nitrogen and oxygen atoms in total. The number of methoxy groups -OCH3 is 1. The molecular formula is C13H14BrN3O2. The number of aromatic nitrogens is 2. The molecule has 1 aromatic carbocycles. The molecule has 19 heavy (non-hydrogen) atoms. The van der Waals surface area contributed by atoms with Crippen molar-refractivity contribution in [3.63, 3.8) is 0 Å². The van der Waals surface area contributed by atoms with Gasteiger partial charge < -0.3 is 15.2 Å². The Balaban J connectivity index is 2.55. The number of benzene rings is 1. The fourth-order valence-corrected chi connectivity index (χ4v) is 2.05. The highest BCUT2D eigenvalue weighted by Crippen LogP contribution is 2.32. The second-order valence-electron chi connectivity index (χ2n) is 3.93. The summed E-state index contributed by atoms with van der Waals surface area (Å²) in [6.45, 7) is 1.90. The number of phenolic OH excluding ortho intramolecular Hbond substituents is 1. The quantitative estimate of drug-likeness (QED) is 0.908. The van der Waals surface area contributed by atoms with Gasteiger partial charge in [-0.3, -0.25) is 0 Å².